The van der Waals surface area contributed by atoms with E-state index in [-0.39, 0.29) is 0 Å². The predicted octanol–water partition coefficient (Wildman–Crippen LogP) is 9.73. The Bertz CT molecular complexity index is 1770. The summed E-state index contributed by atoms with van der Waals surface area (Å²) in [6.45, 7) is 4.40. The molecule has 6 aromatic rings. The van der Waals surface area contributed by atoms with Crippen molar-refractivity contribution in [1.82, 2.24) is 0 Å². The Kier molecular flexibility index (Phi) is 3.84. The number of fused-ring (bicyclic) bond motifs is 7. The minimum absolute atomic E-state index is 0.771. The molecule has 0 aromatic heterocycles. The zero-order valence-corrected chi connectivity index (χ0v) is 19.3. The first-order valence-electron chi connectivity index (χ1n) is 11.4. The summed E-state index contributed by atoms with van der Waals surface area (Å²) in [4.78, 5) is 0. The molecule has 0 nitrogen and oxygen atoms in total. The molecule has 7 rings (SSSR count). The maximum absolute atomic E-state index is 6.54. The van der Waals surface area contributed by atoms with Gasteiger partial charge >= 0.3 is 0 Å². The maximum atomic E-state index is 6.54. The highest BCUT2D eigenvalue weighted by Crippen LogP contribution is 2.51. The fourth-order valence-electron chi connectivity index (χ4n) is 5.92. The normalized spacial score (nSPS) is 12.1. The molecule has 1 aliphatic carbocycles. The second-order valence-electron chi connectivity index (χ2n) is 9.17. The quantitative estimate of drug-likeness (QED) is 0.223. The zero-order valence-electron chi connectivity index (χ0n) is 18.5. The summed E-state index contributed by atoms with van der Waals surface area (Å²) >= 11 is 6.54. The van der Waals surface area contributed by atoms with Gasteiger partial charge < -0.3 is 0 Å². The third-order valence-electron chi connectivity index (χ3n) is 7.31. The summed E-state index contributed by atoms with van der Waals surface area (Å²) in [5, 5.41) is 8.51. The molecule has 0 radical (unpaired) electrons. The van der Waals surface area contributed by atoms with Crippen molar-refractivity contribution < 1.29 is 0 Å². The smallest absolute Gasteiger partial charge is 0.0412 e. The lowest BCUT2D eigenvalue weighted by Crippen LogP contribution is -1.92. The van der Waals surface area contributed by atoms with Gasteiger partial charge in [0.1, 0.15) is 0 Å². The highest BCUT2D eigenvalue weighted by atomic mass is 35.5. The zero-order chi connectivity index (χ0) is 22.3. The van der Waals surface area contributed by atoms with Crippen LogP contribution in [0.5, 0.6) is 0 Å². The average molecular weight is 441 g/mol. The molecule has 0 unspecified atom stereocenters. The average Bonchev–Trinajstić information content (AvgIpc) is 3.14. The van der Waals surface area contributed by atoms with Crippen LogP contribution in [0.3, 0.4) is 0 Å². The van der Waals surface area contributed by atoms with Crippen molar-refractivity contribution in [3.8, 4) is 33.4 Å². The van der Waals surface area contributed by atoms with E-state index in [0.717, 1.165) is 5.02 Å². The summed E-state index contributed by atoms with van der Waals surface area (Å²) in [5.41, 5.74) is 10.5. The van der Waals surface area contributed by atoms with Crippen LogP contribution in [0.15, 0.2) is 91.0 Å². The van der Waals surface area contributed by atoms with Crippen molar-refractivity contribution in [3.63, 3.8) is 0 Å². The summed E-state index contributed by atoms with van der Waals surface area (Å²) in [6, 6.07) is 33.2. The lowest BCUT2D eigenvalue weighted by atomic mass is 9.86. The van der Waals surface area contributed by atoms with E-state index >= 15 is 0 Å². The van der Waals surface area contributed by atoms with Crippen LogP contribution < -0.4 is 0 Å². The van der Waals surface area contributed by atoms with E-state index in [2.05, 4.69) is 98.8 Å². The van der Waals surface area contributed by atoms with Gasteiger partial charge in [0.15, 0.2) is 0 Å². The van der Waals surface area contributed by atoms with E-state index in [0.29, 0.717) is 0 Å². The summed E-state index contributed by atoms with van der Waals surface area (Å²) in [5.74, 6) is 0. The maximum Gasteiger partial charge on any atom is 0.0412 e. The molecule has 6 aromatic carbocycles. The van der Waals surface area contributed by atoms with E-state index in [1.54, 1.807) is 0 Å². The van der Waals surface area contributed by atoms with Crippen LogP contribution >= 0.6 is 11.6 Å². The molecular weight excluding hydrogens is 420 g/mol. The van der Waals surface area contributed by atoms with E-state index in [1.807, 2.05) is 6.07 Å². The van der Waals surface area contributed by atoms with Gasteiger partial charge in [0.25, 0.3) is 0 Å². The Morgan fingerprint density at radius 2 is 1.09 bits per heavy atom. The Hall–Kier alpha value is -3.61. The van der Waals surface area contributed by atoms with E-state index in [4.69, 9.17) is 11.6 Å². The van der Waals surface area contributed by atoms with Crippen LogP contribution in [0, 0.1) is 13.8 Å². The summed E-state index contributed by atoms with van der Waals surface area (Å²) < 4.78 is 0. The Morgan fingerprint density at radius 3 is 1.88 bits per heavy atom. The molecule has 33 heavy (non-hydrogen) atoms. The minimum Gasteiger partial charge on any atom is -0.0843 e. The molecule has 0 N–H and O–H groups in total. The molecule has 0 saturated heterocycles. The van der Waals surface area contributed by atoms with Crippen LogP contribution in [0.4, 0.5) is 0 Å². The van der Waals surface area contributed by atoms with Gasteiger partial charge in [-0.3, -0.25) is 0 Å². The molecular formula is C32H21Cl. The molecule has 0 fully saturated rings. The largest absolute Gasteiger partial charge is 0.0843 e. The second-order valence-corrected chi connectivity index (χ2v) is 9.61. The van der Waals surface area contributed by atoms with Crippen LogP contribution in [-0.2, 0) is 0 Å². The van der Waals surface area contributed by atoms with Gasteiger partial charge in [-0.2, -0.15) is 0 Å². The van der Waals surface area contributed by atoms with Crippen molar-refractivity contribution in [2.24, 2.45) is 0 Å². The molecule has 0 saturated carbocycles. The Labute approximate surface area is 198 Å². The van der Waals surface area contributed by atoms with Crippen molar-refractivity contribution in [3.05, 3.63) is 107 Å². The second kappa shape index (κ2) is 6.70. The fourth-order valence-corrected chi connectivity index (χ4v) is 6.09. The lowest BCUT2D eigenvalue weighted by molar-refractivity contribution is 1.39. The number of aryl methyl sites for hydroxylation is 2. The molecule has 0 atom stereocenters. The number of benzene rings is 6. The van der Waals surface area contributed by atoms with Gasteiger partial charge in [-0.15, -0.1) is 0 Å². The number of hydrogen-bond acceptors (Lipinski definition) is 0. The van der Waals surface area contributed by atoms with Crippen molar-refractivity contribution in [1.29, 1.82) is 0 Å². The fraction of sp³-hybridized carbons (Fsp3) is 0.0625. The van der Waals surface area contributed by atoms with Crippen LogP contribution in [-0.4, -0.2) is 0 Å². The standard InChI is InChI=1S/C32H21Cl/c1-18-7-5-8-19(2)31(18)30-17-28-25-12-6-11-24-21-9-3-4-10-22(21)29(32(24)25)16-27(28)23-14-13-20(33)15-26(23)30/h3-17H,1-2H3. The molecule has 0 heterocycles. The van der Waals surface area contributed by atoms with Crippen LogP contribution in [0.25, 0.3) is 65.7 Å². The minimum atomic E-state index is 0.771. The first kappa shape index (κ1) is 18.9. The molecule has 1 heteroatoms. The number of rotatable bonds is 1. The van der Waals surface area contributed by atoms with Gasteiger partial charge in [0.05, 0.1) is 0 Å². The summed E-state index contributed by atoms with van der Waals surface area (Å²) in [7, 11) is 0. The van der Waals surface area contributed by atoms with Gasteiger partial charge in [-0.05, 0) is 115 Å². The molecule has 1 aliphatic rings. The lowest BCUT2D eigenvalue weighted by Gasteiger charge is -2.17. The Balaban J connectivity index is 1.73. The van der Waals surface area contributed by atoms with Gasteiger partial charge in [0, 0.05) is 5.02 Å². The molecule has 0 amide bonds. The van der Waals surface area contributed by atoms with Gasteiger partial charge in [-0.25, -0.2) is 0 Å². The van der Waals surface area contributed by atoms with E-state index in [1.165, 1.54) is 76.8 Å². The molecule has 156 valence electrons. The van der Waals surface area contributed by atoms with Crippen molar-refractivity contribution in [2.45, 2.75) is 13.8 Å². The third-order valence-corrected chi connectivity index (χ3v) is 7.55. The molecule has 0 spiro atoms. The third kappa shape index (κ3) is 2.53. The first-order valence-corrected chi connectivity index (χ1v) is 11.8. The van der Waals surface area contributed by atoms with Crippen molar-refractivity contribution in [2.75, 3.05) is 0 Å². The highest BCUT2D eigenvalue weighted by molar-refractivity contribution is 6.33. The van der Waals surface area contributed by atoms with Gasteiger partial charge in [0.2, 0.25) is 0 Å². The predicted molar refractivity (Wildman–Crippen MR) is 143 cm³/mol. The monoisotopic (exact) mass is 440 g/mol. The number of hydrogen-bond donors (Lipinski definition) is 0. The molecule has 0 bridgehead atoms. The highest BCUT2D eigenvalue weighted by Gasteiger charge is 2.23. The number of halogens is 1. The summed E-state index contributed by atoms with van der Waals surface area (Å²) in [6.07, 6.45) is 0. The van der Waals surface area contributed by atoms with Crippen LogP contribution in [0.1, 0.15) is 11.1 Å². The van der Waals surface area contributed by atoms with Crippen LogP contribution in [0.2, 0.25) is 5.02 Å². The van der Waals surface area contributed by atoms with Gasteiger partial charge in [-0.1, -0.05) is 78.3 Å². The first-order chi connectivity index (χ1) is 16.1. The SMILES string of the molecule is Cc1cccc(C)c1-c1cc2c3cccc4c3c(cc2c2ccc(Cl)cc12)-c1ccccc1-4. The van der Waals surface area contributed by atoms with E-state index in [9.17, 15) is 0 Å². The Morgan fingerprint density at radius 1 is 0.455 bits per heavy atom. The topological polar surface area (TPSA) is 0 Å². The molecule has 0 aliphatic heterocycles. The van der Waals surface area contributed by atoms with E-state index < -0.39 is 0 Å². The van der Waals surface area contributed by atoms with Crippen molar-refractivity contribution >= 4 is 43.9 Å².